The zero-order chi connectivity index (χ0) is 13.8. The number of carbonyl (C=O) groups excluding carboxylic acids is 1. The van der Waals surface area contributed by atoms with Gasteiger partial charge in [0.1, 0.15) is 0 Å². The van der Waals surface area contributed by atoms with Crippen molar-refractivity contribution in [1.29, 1.82) is 0 Å². The van der Waals surface area contributed by atoms with Gasteiger partial charge in [-0.2, -0.15) is 0 Å². The highest BCUT2D eigenvalue weighted by atomic mass is 35.5. The molecule has 1 atom stereocenters. The summed E-state index contributed by atoms with van der Waals surface area (Å²) < 4.78 is 0. The van der Waals surface area contributed by atoms with Crippen LogP contribution >= 0.6 is 11.6 Å². The number of nitrogens with zero attached hydrogens (tertiary/aromatic N) is 1. The van der Waals surface area contributed by atoms with Crippen molar-refractivity contribution in [3.63, 3.8) is 0 Å². The molecule has 1 unspecified atom stereocenters. The number of rotatable bonds is 2. The molecule has 1 aliphatic heterocycles. The smallest absolute Gasteiger partial charge is 0.321 e. The molecule has 19 heavy (non-hydrogen) atoms. The molecule has 0 aliphatic carbocycles. The van der Waals surface area contributed by atoms with E-state index in [1.807, 2.05) is 19.1 Å². The molecule has 0 bridgehead atoms. The molecule has 0 radical (unpaired) electrons. The van der Waals surface area contributed by atoms with Gasteiger partial charge in [-0.1, -0.05) is 23.7 Å². The minimum atomic E-state index is -0.148. The van der Waals surface area contributed by atoms with Gasteiger partial charge >= 0.3 is 6.03 Å². The Morgan fingerprint density at radius 3 is 3.11 bits per heavy atom. The van der Waals surface area contributed by atoms with Crippen LogP contribution in [0.2, 0.25) is 5.02 Å². The maximum Gasteiger partial charge on any atom is 0.321 e. The molecule has 1 heterocycles. The standard InChI is InChI=1S/C14H19ClN2O2/c1-10-4-2-6-12(13(10)15)16-14(19)17-7-3-5-11(8-17)9-18/h2,4,6,11,18H,3,5,7-9H2,1H3,(H,16,19). The molecule has 1 aliphatic rings. The van der Waals surface area contributed by atoms with E-state index in [4.69, 9.17) is 11.6 Å². The van der Waals surface area contributed by atoms with Crippen LogP contribution in [0.5, 0.6) is 0 Å². The number of hydrogen-bond acceptors (Lipinski definition) is 2. The molecule has 0 aromatic heterocycles. The van der Waals surface area contributed by atoms with Gasteiger partial charge in [0.05, 0.1) is 10.7 Å². The first-order valence-electron chi connectivity index (χ1n) is 6.53. The van der Waals surface area contributed by atoms with E-state index in [-0.39, 0.29) is 18.6 Å². The van der Waals surface area contributed by atoms with Crippen molar-refractivity contribution < 1.29 is 9.90 Å². The zero-order valence-electron chi connectivity index (χ0n) is 11.0. The van der Waals surface area contributed by atoms with Gasteiger partial charge in [0.15, 0.2) is 0 Å². The van der Waals surface area contributed by atoms with Crippen molar-refractivity contribution in [3.05, 3.63) is 28.8 Å². The number of aliphatic hydroxyl groups is 1. The maximum absolute atomic E-state index is 12.2. The van der Waals surface area contributed by atoms with Crippen molar-refractivity contribution in [3.8, 4) is 0 Å². The van der Waals surface area contributed by atoms with E-state index in [1.54, 1.807) is 11.0 Å². The number of benzene rings is 1. The van der Waals surface area contributed by atoms with E-state index < -0.39 is 0 Å². The molecule has 1 saturated heterocycles. The van der Waals surface area contributed by atoms with E-state index in [0.717, 1.165) is 24.9 Å². The van der Waals surface area contributed by atoms with Crippen molar-refractivity contribution >= 4 is 23.3 Å². The number of halogens is 1. The molecule has 2 N–H and O–H groups in total. The number of piperidine rings is 1. The summed E-state index contributed by atoms with van der Waals surface area (Å²) >= 11 is 6.16. The number of carbonyl (C=O) groups is 1. The van der Waals surface area contributed by atoms with Gasteiger partial charge in [0.25, 0.3) is 0 Å². The summed E-state index contributed by atoms with van der Waals surface area (Å²) in [4.78, 5) is 13.9. The van der Waals surface area contributed by atoms with Crippen LogP contribution < -0.4 is 5.32 Å². The third-order valence-corrected chi connectivity index (χ3v) is 4.00. The highest BCUT2D eigenvalue weighted by molar-refractivity contribution is 6.34. The number of hydrogen-bond donors (Lipinski definition) is 2. The lowest BCUT2D eigenvalue weighted by molar-refractivity contribution is 0.136. The van der Waals surface area contributed by atoms with Gasteiger partial charge in [0, 0.05) is 19.7 Å². The number of aliphatic hydroxyl groups excluding tert-OH is 1. The SMILES string of the molecule is Cc1cccc(NC(=O)N2CCCC(CO)C2)c1Cl. The Balaban J connectivity index is 2.02. The van der Waals surface area contributed by atoms with Gasteiger partial charge in [-0.25, -0.2) is 4.79 Å². The second kappa shape index (κ2) is 6.26. The van der Waals surface area contributed by atoms with Gasteiger partial charge in [-0.15, -0.1) is 0 Å². The summed E-state index contributed by atoms with van der Waals surface area (Å²) in [6, 6.07) is 5.41. The molecule has 4 nitrogen and oxygen atoms in total. The first-order chi connectivity index (χ1) is 9.11. The second-order valence-electron chi connectivity index (χ2n) is 5.00. The van der Waals surface area contributed by atoms with Crippen LogP contribution in [0.1, 0.15) is 18.4 Å². The third-order valence-electron chi connectivity index (χ3n) is 3.50. The minimum absolute atomic E-state index is 0.134. The zero-order valence-corrected chi connectivity index (χ0v) is 11.8. The Morgan fingerprint density at radius 2 is 2.37 bits per heavy atom. The molecule has 0 spiro atoms. The van der Waals surface area contributed by atoms with E-state index in [0.29, 0.717) is 17.3 Å². The van der Waals surface area contributed by atoms with E-state index >= 15 is 0 Å². The van der Waals surface area contributed by atoms with Crippen LogP contribution in [0.25, 0.3) is 0 Å². The van der Waals surface area contributed by atoms with Crippen molar-refractivity contribution in [1.82, 2.24) is 4.90 Å². The average molecular weight is 283 g/mol. The van der Waals surface area contributed by atoms with Crippen LogP contribution in [-0.2, 0) is 0 Å². The Kier molecular flexibility index (Phi) is 4.66. The summed E-state index contributed by atoms with van der Waals surface area (Å²) in [7, 11) is 0. The van der Waals surface area contributed by atoms with Gasteiger partial charge in [0.2, 0.25) is 0 Å². The Morgan fingerprint density at radius 1 is 1.58 bits per heavy atom. The first kappa shape index (κ1) is 14.2. The molecule has 104 valence electrons. The predicted octanol–water partition coefficient (Wildman–Crippen LogP) is 2.88. The van der Waals surface area contributed by atoms with Crippen LogP contribution in [0, 0.1) is 12.8 Å². The molecule has 1 fully saturated rings. The summed E-state index contributed by atoms with van der Waals surface area (Å²) in [5.41, 5.74) is 1.57. The van der Waals surface area contributed by atoms with E-state index in [9.17, 15) is 9.90 Å². The number of amides is 2. The highest BCUT2D eigenvalue weighted by Gasteiger charge is 2.23. The molecule has 5 heteroatoms. The first-order valence-corrected chi connectivity index (χ1v) is 6.91. The predicted molar refractivity (Wildman–Crippen MR) is 76.6 cm³/mol. The molecule has 2 rings (SSSR count). The third kappa shape index (κ3) is 3.39. The highest BCUT2D eigenvalue weighted by Crippen LogP contribution is 2.26. The molecular weight excluding hydrogens is 264 g/mol. The summed E-state index contributed by atoms with van der Waals surface area (Å²) in [6.45, 7) is 3.37. The largest absolute Gasteiger partial charge is 0.396 e. The normalized spacial score (nSPS) is 19.3. The fourth-order valence-electron chi connectivity index (χ4n) is 2.34. The summed E-state index contributed by atoms with van der Waals surface area (Å²) in [5.74, 6) is 0.187. The number of likely N-dealkylation sites (tertiary alicyclic amines) is 1. The van der Waals surface area contributed by atoms with E-state index in [2.05, 4.69) is 5.32 Å². The van der Waals surface area contributed by atoms with E-state index in [1.165, 1.54) is 0 Å². The lowest BCUT2D eigenvalue weighted by Gasteiger charge is -2.32. The second-order valence-corrected chi connectivity index (χ2v) is 5.38. The molecule has 2 amide bonds. The summed E-state index contributed by atoms with van der Waals surface area (Å²) in [6.07, 6.45) is 1.91. The van der Waals surface area contributed by atoms with Crippen LogP contribution in [0.3, 0.4) is 0 Å². The van der Waals surface area contributed by atoms with Crippen molar-refractivity contribution in [2.45, 2.75) is 19.8 Å². The van der Waals surface area contributed by atoms with Crippen LogP contribution in [-0.4, -0.2) is 35.7 Å². The van der Waals surface area contributed by atoms with Gasteiger partial charge in [-0.3, -0.25) is 0 Å². The van der Waals surface area contributed by atoms with Gasteiger partial charge in [-0.05, 0) is 37.3 Å². The number of anilines is 1. The quantitative estimate of drug-likeness (QED) is 0.876. The fourth-order valence-corrected chi connectivity index (χ4v) is 2.51. The van der Waals surface area contributed by atoms with Crippen LogP contribution in [0.15, 0.2) is 18.2 Å². The monoisotopic (exact) mass is 282 g/mol. The number of urea groups is 1. The number of nitrogens with one attached hydrogen (secondary N) is 1. The lowest BCUT2D eigenvalue weighted by atomic mass is 9.99. The number of aryl methyl sites for hydroxylation is 1. The molecule has 1 aromatic carbocycles. The van der Waals surface area contributed by atoms with Crippen molar-refractivity contribution in [2.24, 2.45) is 5.92 Å². The maximum atomic E-state index is 12.2. The molecule has 0 saturated carbocycles. The Labute approximate surface area is 118 Å². The van der Waals surface area contributed by atoms with Crippen molar-refractivity contribution in [2.75, 3.05) is 25.0 Å². The minimum Gasteiger partial charge on any atom is -0.396 e. The lowest BCUT2D eigenvalue weighted by Crippen LogP contribution is -2.43. The topological polar surface area (TPSA) is 52.6 Å². The fraction of sp³-hybridized carbons (Fsp3) is 0.500. The summed E-state index contributed by atoms with van der Waals surface area (Å²) in [5, 5.41) is 12.6. The van der Waals surface area contributed by atoms with Crippen LogP contribution in [0.4, 0.5) is 10.5 Å². The Hall–Kier alpha value is -1.26. The average Bonchev–Trinajstić information content (AvgIpc) is 2.44. The molecular formula is C14H19ClN2O2. The molecule has 1 aromatic rings. The van der Waals surface area contributed by atoms with Gasteiger partial charge < -0.3 is 15.3 Å². The Bertz CT molecular complexity index is 465.